The minimum absolute atomic E-state index is 0.0538. The van der Waals surface area contributed by atoms with Crippen LogP contribution in [0.2, 0.25) is 0 Å². The second kappa shape index (κ2) is 5.69. The number of halogens is 2. The molecule has 2 rings (SSSR count). The van der Waals surface area contributed by atoms with E-state index in [9.17, 15) is 13.6 Å². The third-order valence-corrected chi connectivity index (χ3v) is 2.73. The molecule has 0 radical (unpaired) electrons. The van der Waals surface area contributed by atoms with Crippen molar-refractivity contribution in [3.05, 3.63) is 65.0 Å². The van der Waals surface area contributed by atoms with Gasteiger partial charge in [0.2, 0.25) is 0 Å². The Hall–Kier alpha value is -2.10. The van der Waals surface area contributed by atoms with Gasteiger partial charge in [0, 0.05) is 30.3 Å². The van der Waals surface area contributed by atoms with Crippen LogP contribution < -0.4 is 0 Å². The molecule has 2 nitrogen and oxygen atoms in total. The normalized spacial score (nSPS) is 10.5. The van der Waals surface area contributed by atoms with Gasteiger partial charge in [-0.2, -0.15) is 0 Å². The summed E-state index contributed by atoms with van der Waals surface area (Å²) in [6, 6.07) is 8.65. The zero-order valence-corrected chi connectivity index (χ0v) is 10.5. The number of carbonyl (C=O) groups excluding carboxylic acids is 1. The summed E-state index contributed by atoms with van der Waals surface area (Å²) in [6.45, 7) is 1.84. The molecule has 0 aliphatic rings. The second-order valence-electron chi connectivity index (χ2n) is 4.40. The topological polar surface area (TPSA) is 30.0 Å². The van der Waals surface area contributed by atoms with E-state index in [1.54, 1.807) is 6.07 Å². The molecule has 19 heavy (non-hydrogen) atoms. The number of benzene rings is 1. The maximum absolute atomic E-state index is 13.4. The summed E-state index contributed by atoms with van der Waals surface area (Å²) in [4.78, 5) is 16.0. The van der Waals surface area contributed by atoms with E-state index in [1.807, 2.05) is 19.1 Å². The first kappa shape index (κ1) is 13.3. The van der Waals surface area contributed by atoms with Crippen molar-refractivity contribution < 1.29 is 13.6 Å². The zero-order valence-electron chi connectivity index (χ0n) is 10.5. The number of carbonyl (C=O) groups is 1. The number of aryl methyl sites for hydroxylation is 1. The van der Waals surface area contributed by atoms with Gasteiger partial charge in [-0.15, -0.1) is 0 Å². The lowest BCUT2D eigenvalue weighted by Gasteiger charge is -2.04. The van der Waals surface area contributed by atoms with E-state index < -0.39 is 11.6 Å². The largest absolute Gasteiger partial charge is 0.299 e. The summed E-state index contributed by atoms with van der Waals surface area (Å²) in [5, 5.41) is 0. The van der Waals surface area contributed by atoms with Crippen LogP contribution in [0.1, 0.15) is 17.0 Å². The average molecular weight is 261 g/mol. The summed E-state index contributed by atoms with van der Waals surface area (Å²) in [6.07, 6.45) is 0.0975. The molecule has 1 heterocycles. The van der Waals surface area contributed by atoms with Crippen molar-refractivity contribution in [2.45, 2.75) is 19.8 Å². The molecule has 2 aromatic rings. The standard InChI is InChI=1S/C15H13F2NO/c1-10-3-2-4-13(18-10)9-14(19)7-11-5-6-12(16)8-15(11)17/h2-6,8H,7,9H2,1H3. The first-order valence-corrected chi connectivity index (χ1v) is 5.93. The minimum Gasteiger partial charge on any atom is -0.299 e. The maximum Gasteiger partial charge on any atom is 0.143 e. The summed E-state index contributed by atoms with van der Waals surface area (Å²) in [5.74, 6) is -1.48. The summed E-state index contributed by atoms with van der Waals surface area (Å²) < 4.78 is 26.1. The number of Topliss-reactive ketones (excluding diaryl/α,β-unsaturated/α-hetero) is 1. The molecule has 0 atom stereocenters. The highest BCUT2D eigenvalue weighted by Crippen LogP contribution is 2.11. The SMILES string of the molecule is Cc1cccc(CC(=O)Cc2ccc(F)cc2F)n1. The Kier molecular flexibility index (Phi) is 4.00. The van der Waals surface area contributed by atoms with Crippen molar-refractivity contribution in [2.24, 2.45) is 0 Å². The molecule has 1 aromatic heterocycles. The van der Waals surface area contributed by atoms with Gasteiger partial charge in [0.1, 0.15) is 17.4 Å². The fourth-order valence-corrected chi connectivity index (χ4v) is 1.84. The van der Waals surface area contributed by atoms with E-state index in [-0.39, 0.29) is 24.2 Å². The van der Waals surface area contributed by atoms with Gasteiger partial charge in [-0.1, -0.05) is 12.1 Å². The van der Waals surface area contributed by atoms with Gasteiger partial charge in [-0.3, -0.25) is 9.78 Å². The maximum atomic E-state index is 13.4. The Bertz CT molecular complexity index is 611. The predicted octanol–water partition coefficient (Wildman–Crippen LogP) is 3.02. The first-order valence-electron chi connectivity index (χ1n) is 5.93. The van der Waals surface area contributed by atoms with Gasteiger partial charge in [0.05, 0.1) is 0 Å². The number of ketones is 1. The Morgan fingerprint density at radius 3 is 2.63 bits per heavy atom. The monoisotopic (exact) mass is 261 g/mol. The van der Waals surface area contributed by atoms with E-state index in [1.165, 1.54) is 6.07 Å². The molecule has 4 heteroatoms. The highest BCUT2D eigenvalue weighted by molar-refractivity contribution is 5.82. The fourth-order valence-electron chi connectivity index (χ4n) is 1.84. The summed E-state index contributed by atoms with van der Waals surface area (Å²) >= 11 is 0. The molecule has 0 unspecified atom stereocenters. The molecule has 0 aliphatic carbocycles. The van der Waals surface area contributed by atoms with Crippen molar-refractivity contribution in [1.82, 2.24) is 4.98 Å². The Labute approximate surface area is 110 Å². The third-order valence-electron chi connectivity index (χ3n) is 2.73. The lowest BCUT2D eigenvalue weighted by atomic mass is 10.0. The molecular weight excluding hydrogens is 248 g/mol. The average Bonchev–Trinajstić information content (AvgIpc) is 2.33. The molecular formula is C15H13F2NO. The first-order chi connectivity index (χ1) is 9.04. The number of rotatable bonds is 4. The van der Waals surface area contributed by atoms with Gasteiger partial charge in [0.15, 0.2) is 0 Å². The molecule has 0 fully saturated rings. The van der Waals surface area contributed by atoms with Crippen molar-refractivity contribution in [2.75, 3.05) is 0 Å². The predicted molar refractivity (Wildman–Crippen MR) is 67.7 cm³/mol. The van der Waals surface area contributed by atoms with Crippen LogP contribution >= 0.6 is 0 Å². The number of hydrogen-bond donors (Lipinski definition) is 0. The number of hydrogen-bond acceptors (Lipinski definition) is 2. The van der Waals surface area contributed by atoms with Crippen LogP contribution in [0, 0.1) is 18.6 Å². The van der Waals surface area contributed by atoms with Crippen LogP contribution in [0.15, 0.2) is 36.4 Å². The van der Waals surface area contributed by atoms with Gasteiger partial charge in [-0.05, 0) is 30.7 Å². The lowest BCUT2D eigenvalue weighted by Crippen LogP contribution is -2.09. The van der Waals surface area contributed by atoms with Gasteiger partial charge in [-0.25, -0.2) is 8.78 Å². The Balaban J connectivity index is 2.05. The third kappa shape index (κ3) is 3.68. The molecule has 0 amide bonds. The Morgan fingerprint density at radius 1 is 1.16 bits per heavy atom. The lowest BCUT2D eigenvalue weighted by molar-refractivity contribution is -0.117. The van der Waals surface area contributed by atoms with Crippen LogP contribution in [-0.4, -0.2) is 10.8 Å². The number of aromatic nitrogens is 1. The van der Waals surface area contributed by atoms with Gasteiger partial charge in [0.25, 0.3) is 0 Å². The van der Waals surface area contributed by atoms with Crippen LogP contribution in [-0.2, 0) is 17.6 Å². The molecule has 0 aliphatic heterocycles. The fraction of sp³-hybridized carbons (Fsp3) is 0.200. The molecule has 0 bridgehead atoms. The van der Waals surface area contributed by atoms with Gasteiger partial charge < -0.3 is 0 Å². The van der Waals surface area contributed by atoms with Crippen LogP contribution in [0.3, 0.4) is 0 Å². The van der Waals surface area contributed by atoms with Crippen molar-refractivity contribution in [1.29, 1.82) is 0 Å². The van der Waals surface area contributed by atoms with Crippen molar-refractivity contribution in [3.8, 4) is 0 Å². The molecule has 0 saturated carbocycles. The van der Waals surface area contributed by atoms with E-state index in [0.29, 0.717) is 5.69 Å². The van der Waals surface area contributed by atoms with E-state index in [4.69, 9.17) is 0 Å². The molecule has 0 N–H and O–H groups in total. The van der Waals surface area contributed by atoms with Gasteiger partial charge >= 0.3 is 0 Å². The van der Waals surface area contributed by atoms with Crippen molar-refractivity contribution in [3.63, 3.8) is 0 Å². The van der Waals surface area contributed by atoms with E-state index >= 15 is 0 Å². The highest BCUT2D eigenvalue weighted by atomic mass is 19.1. The van der Waals surface area contributed by atoms with Crippen LogP contribution in [0.4, 0.5) is 8.78 Å². The zero-order chi connectivity index (χ0) is 13.8. The smallest absolute Gasteiger partial charge is 0.143 e. The number of nitrogens with zero attached hydrogens (tertiary/aromatic N) is 1. The quantitative estimate of drug-likeness (QED) is 0.846. The highest BCUT2D eigenvalue weighted by Gasteiger charge is 2.10. The summed E-state index contributed by atoms with van der Waals surface area (Å²) in [5.41, 5.74) is 1.70. The van der Waals surface area contributed by atoms with E-state index in [2.05, 4.69) is 4.98 Å². The van der Waals surface area contributed by atoms with Crippen LogP contribution in [0.5, 0.6) is 0 Å². The molecule has 98 valence electrons. The van der Waals surface area contributed by atoms with Crippen molar-refractivity contribution >= 4 is 5.78 Å². The summed E-state index contributed by atoms with van der Waals surface area (Å²) in [7, 11) is 0. The Morgan fingerprint density at radius 2 is 1.95 bits per heavy atom. The number of pyridine rings is 1. The molecule has 0 saturated heterocycles. The van der Waals surface area contributed by atoms with Crippen LogP contribution in [0.25, 0.3) is 0 Å². The molecule has 0 spiro atoms. The molecule has 1 aromatic carbocycles. The van der Waals surface area contributed by atoms with E-state index in [0.717, 1.165) is 17.8 Å². The minimum atomic E-state index is -0.689. The second-order valence-corrected chi connectivity index (χ2v) is 4.40.